The molecule has 0 saturated carbocycles. The summed E-state index contributed by atoms with van der Waals surface area (Å²) >= 11 is 5.99. The van der Waals surface area contributed by atoms with Gasteiger partial charge in [-0.15, -0.1) is 0 Å². The van der Waals surface area contributed by atoms with E-state index in [2.05, 4.69) is 4.98 Å². The lowest BCUT2D eigenvalue weighted by Gasteiger charge is -2.10. The van der Waals surface area contributed by atoms with Crippen molar-refractivity contribution in [1.29, 1.82) is 0 Å². The maximum atomic E-state index is 12.1. The maximum absolute atomic E-state index is 12.1. The molecule has 0 aliphatic rings. The van der Waals surface area contributed by atoms with E-state index in [1.54, 1.807) is 31.6 Å². The van der Waals surface area contributed by atoms with Gasteiger partial charge in [-0.05, 0) is 23.8 Å². The zero-order valence-electron chi connectivity index (χ0n) is 11.1. The Morgan fingerprint density at radius 3 is 2.65 bits per heavy atom. The lowest BCUT2D eigenvalue weighted by Crippen LogP contribution is -2.08. The highest BCUT2D eigenvalue weighted by Gasteiger charge is 2.12. The van der Waals surface area contributed by atoms with Crippen molar-refractivity contribution in [3.8, 4) is 5.75 Å². The number of ether oxygens (including phenoxy) is 1. The molecule has 1 heterocycles. The maximum Gasteiger partial charge on any atom is 0.141 e. The summed E-state index contributed by atoms with van der Waals surface area (Å²) in [6.07, 6.45) is 3.95. The third-order valence-corrected chi connectivity index (χ3v) is 3.27. The van der Waals surface area contributed by atoms with Crippen LogP contribution < -0.4 is 10.5 Å². The van der Waals surface area contributed by atoms with Crippen LogP contribution in [0, 0.1) is 0 Å². The Kier molecular flexibility index (Phi) is 4.58. The molecule has 2 rings (SSSR count). The lowest BCUT2D eigenvalue weighted by molar-refractivity contribution is -0.117. The summed E-state index contributed by atoms with van der Waals surface area (Å²) in [5.74, 6) is 0.658. The molecular formula is C15H15ClN2O2. The van der Waals surface area contributed by atoms with Crippen LogP contribution in [0.2, 0.25) is 5.02 Å². The number of nitrogens with zero attached hydrogens (tertiary/aromatic N) is 1. The van der Waals surface area contributed by atoms with Crippen LogP contribution in [-0.4, -0.2) is 17.9 Å². The average molecular weight is 291 g/mol. The van der Waals surface area contributed by atoms with E-state index in [0.29, 0.717) is 22.9 Å². The molecule has 2 N–H and O–H groups in total. The van der Waals surface area contributed by atoms with E-state index in [9.17, 15) is 4.79 Å². The Labute approximate surface area is 122 Å². The molecule has 0 aliphatic heterocycles. The van der Waals surface area contributed by atoms with E-state index >= 15 is 0 Å². The van der Waals surface area contributed by atoms with Gasteiger partial charge in [0.1, 0.15) is 11.5 Å². The lowest BCUT2D eigenvalue weighted by atomic mass is 10.0. The van der Waals surface area contributed by atoms with Crippen LogP contribution in [0.1, 0.15) is 11.1 Å². The summed E-state index contributed by atoms with van der Waals surface area (Å²) in [5, 5.41) is 0.428. The molecular weight excluding hydrogens is 276 g/mol. The number of anilines is 1. The van der Waals surface area contributed by atoms with E-state index in [1.807, 2.05) is 12.1 Å². The second-order valence-electron chi connectivity index (χ2n) is 4.43. The minimum atomic E-state index is 0.0790. The number of hydrogen-bond acceptors (Lipinski definition) is 4. The van der Waals surface area contributed by atoms with E-state index < -0.39 is 0 Å². The van der Waals surface area contributed by atoms with Gasteiger partial charge in [0.05, 0.1) is 17.8 Å². The third kappa shape index (κ3) is 3.48. The Morgan fingerprint density at radius 1 is 1.30 bits per heavy atom. The average Bonchev–Trinajstić information content (AvgIpc) is 2.43. The van der Waals surface area contributed by atoms with Crippen LogP contribution in [0.3, 0.4) is 0 Å². The fourth-order valence-electron chi connectivity index (χ4n) is 1.94. The molecule has 0 unspecified atom stereocenters. The number of pyridine rings is 1. The first-order valence-electron chi connectivity index (χ1n) is 6.12. The minimum Gasteiger partial charge on any atom is -0.496 e. The zero-order chi connectivity index (χ0) is 14.5. The number of benzene rings is 1. The normalized spacial score (nSPS) is 10.3. The Bertz CT molecular complexity index is 615. The summed E-state index contributed by atoms with van der Waals surface area (Å²) in [4.78, 5) is 16.0. The van der Waals surface area contributed by atoms with Crippen molar-refractivity contribution < 1.29 is 9.53 Å². The Hall–Kier alpha value is -2.07. The van der Waals surface area contributed by atoms with Gasteiger partial charge in [-0.1, -0.05) is 11.6 Å². The van der Waals surface area contributed by atoms with Gasteiger partial charge in [0.15, 0.2) is 0 Å². The molecule has 20 heavy (non-hydrogen) atoms. The van der Waals surface area contributed by atoms with Crippen LogP contribution in [0.25, 0.3) is 0 Å². The first-order chi connectivity index (χ1) is 9.60. The zero-order valence-corrected chi connectivity index (χ0v) is 11.9. The predicted octanol–water partition coefficient (Wildman–Crippen LogP) is 2.68. The Morgan fingerprint density at radius 2 is 2.00 bits per heavy atom. The van der Waals surface area contributed by atoms with Crippen LogP contribution >= 0.6 is 11.6 Å². The monoisotopic (exact) mass is 290 g/mol. The van der Waals surface area contributed by atoms with Gasteiger partial charge in [0, 0.05) is 36.9 Å². The second-order valence-corrected chi connectivity index (χ2v) is 4.84. The minimum absolute atomic E-state index is 0.0790. The number of carbonyl (C=O) groups excluding carboxylic acids is 1. The summed E-state index contributed by atoms with van der Waals surface area (Å²) in [7, 11) is 1.54. The first-order valence-corrected chi connectivity index (χ1v) is 6.50. The van der Waals surface area contributed by atoms with Gasteiger partial charge in [-0.3, -0.25) is 9.78 Å². The van der Waals surface area contributed by atoms with Crippen LogP contribution in [0.5, 0.6) is 5.75 Å². The number of carbonyl (C=O) groups is 1. The fourth-order valence-corrected chi connectivity index (χ4v) is 2.13. The molecule has 0 fully saturated rings. The number of nitrogens with two attached hydrogens (primary N) is 1. The highest BCUT2D eigenvalue weighted by atomic mass is 35.5. The number of rotatable bonds is 5. The predicted molar refractivity (Wildman–Crippen MR) is 79.1 cm³/mol. The van der Waals surface area contributed by atoms with Crippen molar-refractivity contribution in [3.05, 3.63) is 52.8 Å². The summed E-state index contributed by atoms with van der Waals surface area (Å²) in [5.41, 5.74) is 7.83. The molecule has 0 spiro atoms. The van der Waals surface area contributed by atoms with E-state index in [0.717, 1.165) is 11.1 Å². The second kappa shape index (κ2) is 6.39. The van der Waals surface area contributed by atoms with Crippen molar-refractivity contribution in [1.82, 2.24) is 4.98 Å². The van der Waals surface area contributed by atoms with Gasteiger partial charge in [0.2, 0.25) is 0 Å². The molecule has 0 atom stereocenters. The fraction of sp³-hybridized carbons (Fsp3) is 0.200. The van der Waals surface area contributed by atoms with Gasteiger partial charge >= 0.3 is 0 Å². The molecule has 0 amide bonds. The van der Waals surface area contributed by atoms with Gasteiger partial charge in [-0.2, -0.15) is 0 Å². The number of nitrogen functional groups attached to an aromatic ring is 1. The first kappa shape index (κ1) is 14.3. The highest BCUT2D eigenvalue weighted by molar-refractivity contribution is 6.33. The molecule has 0 bridgehead atoms. The summed E-state index contributed by atoms with van der Waals surface area (Å²) in [6.45, 7) is 0. The van der Waals surface area contributed by atoms with Crippen molar-refractivity contribution >= 4 is 23.1 Å². The smallest absolute Gasteiger partial charge is 0.141 e. The van der Waals surface area contributed by atoms with E-state index in [4.69, 9.17) is 22.1 Å². The van der Waals surface area contributed by atoms with Crippen molar-refractivity contribution in [3.63, 3.8) is 0 Å². The molecule has 0 radical (unpaired) electrons. The topological polar surface area (TPSA) is 65.2 Å². The molecule has 0 aliphatic carbocycles. The summed E-state index contributed by atoms with van der Waals surface area (Å²) in [6, 6.07) is 6.97. The van der Waals surface area contributed by atoms with Crippen LogP contribution in [-0.2, 0) is 17.6 Å². The van der Waals surface area contributed by atoms with Crippen LogP contribution in [0.4, 0.5) is 5.69 Å². The third-order valence-electron chi connectivity index (χ3n) is 2.94. The van der Waals surface area contributed by atoms with Crippen molar-refractivity contribution in [2.75, 3.05) is 12.8 Å². The number of aromatic nitrogens is 1. The number of halogens is 1. The number of ketones is 1. The summed E-state index contributed by atoms with van der Waals surface area (Å²) < 4.78 is 5.23. The number of hydrogen-bond donors (Lipinski definition) is 1. The number of Topliss-reactive ketones (excluding diaryl/α,β-unsaturated/α-hetero) is 1. The SMILES string of the molecule is COc1cc(N)c(Cl)cc1CC(=O)Cc1ccncc1. The van der Waals surface area contributed by atoms with Gasteiger partial charge < -0.3 is 10.5 Å². The van der Waals surface area contributed by atoms with E-state index in [1.165, 1.54) is 0 Å². The molecule has 104 valence electrons. The number of methoxy groups -OCH3 is 1. The Balaban J connectivity index is 2.13. The van der Waals surface area contributed by atoms with Crippen molar-refractivity contribution in [2.24, 2.45) is 0 Å². The molecule has 5 heteroatoms. The van der Waals surface area contributed by atoms with Crippen molar-refractivity contribution in [2.45, 2.75) is 12.8 Å². The largest absolute Gasteiger partial charge is 0.496 e. The molecule has 1 aromatic carbocycles. The molecule has 2 aromatic rings. The standard InChI is InChI=1S/C15H15ClN2O2/c1-20-15-9-14(17)13(16)8-11(15)7-12(19)6-10-2-4-18-5-3-10/h2-5,8-9H,6-7,17H2,1H3. The molecule has 0 saturated heterocycles. The van der Waals surface area contributed by atoms with Gasteiger partial charge in [0.25, 0.3) is 0 Å². The van der Waals surface area contributed by atoms with Crippen LogP contribution in [0.15, 0.2) is 36.7 Å². The highest BCUT2D eigenvalue weighted by Crippen LogP contribution is 2.29. The molecule has 4 nitrogen and oxygen atoms in total. The quantitative estimate of drug-likeness (QED) is 0.860. The van der Waals surface area contributed by atoms with E-state index in [-0.39, 0.29) is 12.2 Å². The molecule has 1 aromatic heterocycles. The van der Waals surface area contributed by atoms with Gasteiger partial charge in [-0.25, -0.2) is 0 Å².